The van der Waals surface area contributed by atoms with Gasteiger partial charge in [0, 0.05) is 17.8 Å². The first-order valence-electron chi connectivity index (χ1n) is 11.4. The highest BCUT2D eigenvalue weighted by molar-refractivity contribution is 7.92. The first-order chi connectivity index (χ1) is 16.4. The molecule has 0 unspecified atom stereocenters. The molecule has 1 aliphatic carbocycles. The van der Waals surface area contributed by atoms with Crippen LogP contribution in [0.5, 0.6) is 0 Å². The molecule has 0 atom stereocenters. The third kappa shape index (κ3) is 6.11. The van der Waals surface area contributed by atoms with Crippen LogP contribution in [0.15, 0.2) is 89.3 Å². The number of carbonyl (C=O) groups is 1. The van der Waals surface area contributed by atoms with E-state index in [0.717, 1.165) is 30.4 Å². The molecule has 0 saturated heterocycles. The molecular formula is C27H27FN2O3S. The molecule has 0 radical (unpaired) electrons. The van der Waals surface area contributed by atoms with Crippen molar-refractivity contribution < 1.29 is 17.6 Å². The number of anilines is 1. The van der Waals surface area contributed by atoms with Gasteiger partial charge in [0.25, 0.3) is 15.9 Å². The molecule has 0 aliphatic heterocycles. The maximum absolute atomic E-state index is 13.1. The molecule has 0 heterocycles. The van der Waals surface area contributed by atoms with Gasteiger partial charge in [-0.25, -0.2) is 12.8 Å². The van der Waals surface area contributed by atoms with Crippen LogP contribution in [-0.2, 0) is 10.0 Å². The molecule has 0 fully saturated rings. The van der Waals surface area contributed by atoms with Gasteiger partial charge in [0.2, 0.25) is 0 Å². The minimum atomic E-state index is -3.80. The Balaban J connectivity index is 1.35. The van der Waals surface area contributed by atoms with Crippen LogP contribution >= 0.6 is 0 Å². The van der Waals surface area contributed by atoms with E-state index in [9.17, 15) is 17.6 Å². The quantitative estimate of drug-likeness (QED) is 0.395. The first-order valence-corrected chi connectivity index (χ1v) is 12.8. The van der Waals surface area contributed by atoms with Crippen LogP contribution in [0.3, 0.4) is 0 Å². The molecule has 0 aromatic heterocycles. The molecular weight excluding hydrogens is 451 g/mol. The van der Waals surface area contributed by atoms with Crippen molar-refractivity contribution in [3.8, 4) is 11.1 Å². The van der Waals surface area contributed by atoms with Crippen LogP contribution in [0.2, 0.25) is 0 Å². The second kappa shape index (κ2) is 10.7. The molecule has 0 bridgehead atoms. The van der Waals surface area contributed by atoms with Crippen LogP contribution < -0.4 is 10.0 Å². The third-order valence-corrected chi connectivity index (χ3v) is 7.26. The number of sulfonamides is 1. The maximum Gasteiger partial charge on any atom is 0.261 e. The van der Waals surface area contributed by atoms with Crippen LogP contribution in [-0.4, -0.2) is 20.9 Å². The molecule has 5 nitrogen and oxygen atoms in total. The van der Waals surface area contributed by atoms with Crippen molar-refractivity contribution in [1.29, 1.82) is 0 Å². The van der Waals surface area contributed by atoms with E-state index in [0.29, 0.717) is 17.8 Å². The zero-order valence-electron chi connectivity index (χ0n) is 18.8. The summed E-state index contributed by atoms with van der Waals surface area (Å²) in [4.78, 5) is 12.5. The van der Waals surface area contributed by atoms with Crippen molar-refractivity contribution in [2.45, 2.75) is 37.0 Å². The number of halogens is 1. The lowest BCUT2D eigenvalue weighted by Crippen LogP contribution is -2.24. The zero-order valence-corrected chi connectivity index (χ0v) is 19.6. The summed E-state index contributed by atoms with van der Waals surface area (Å²) in [5, 5.41) is 2.92. The fourth-order valence-electron chi connectivity index (χ4n) is 3.94. The van der Waals surface area contributed by atoms with Crippen molar-refractivity contribution in [2.24, 2.45) is 0 Å². The number of hydrogen-bond donors (Lipinski definition) is 2. The first kappa shape index (κ1) is 23.7. The van der Waals surface area contributed by atoms with E-state index in [1.54, 1.807) is 48.5 Å². The van der Waals surface area contributed by atoms with Gasteiger partial charge in [-0.1, -0.05) is 35.9 Å². The van der Waals surface area contributed by atoms with Gasteiger partial charge in [0.1, 0.15) is 5.82 Å². The van der Waals surface area contributed by atoms with Crippen molar-refractivity contribution >= 4 is 21.6 Å². The Bertz CT molecular complexity index is 1270. The average molecular weight is 479 g/mol. The number of nitrogens with one attached hydrogen (secondary N) is 2. The van der Waals surface area contributed by atoms with Gasteiger partial charge in [-0.05, 0) is 91.8 Å². The van der Waals surface area contributed by atoms with Crippen molar-refractivity contribution in [3.63, 3.8) is 0 Å². The second-order valence-corrected chi connectivity index (χ2v) is 10.0. The molecule has 0 saturated carbocycles. The van der Waals surface area contributed by atoms with Gasteiger partial charge in [0.15, 0.2) is 0 Å². The van der Waals surface area contributed by atoms with Crippen LogP contribution in [0.25, 0.3) is 11.1 Å². The Labute approximate surface area is 199 Å². The monoisotopic (exact) mass is 478 g/mol. The Kier molecular flexibility index (Phi) is 7.43. The predicted molar refractivity (Wildman–Crippen MR) is 133 cm³/mol. The summed E-state index contributed by atoms with van der Waals surface area (Å²) in [6, 6.07) is 18.7. The number of amides is 1. The lowest BCUT2D eigenvalue weighted by Gasteiger charge is -2.13. The smallest absolute Gasteiger partial charge is 0.261 e. The molecule has 176 valence electrons. The van der Waals surface area contributed by atoms with Gasteiger partial charge < -0.3 is 5.32 Å². The fourth-order valence-corrected chi connectivity index (χ4v) is 5.00. The number of benzene rings is 3. The van der Waals surface area contributed by atoms with E-state index in [4.69, 9.17) is 0 Å². The topological polar surface area (TPSA) is 75.3 Å². The molecule has 3 aromatic carbocycles. The highest BCUT2D eigenvalue weighted by atomic mass is 32.2. The lowest BCUT2D eigenvalue weighted by atomic mass is 9.97. The molecule has 1 amide bonds. The van der Waals surface area contributed by atoms with Gasteiger partial charge in [-0.3, -0.25) is 9.52 Å². The van der Waals surface area contributed by atoms with E-state index < -0.39 is 10.0 Å². The molecule has 2 N–H and O–H groups in total. The summed E-state index contributed by atoms with van der Waals surface area (Å²) in [5.74, 6) is -0.505. The van der Waals surface area contributed by atoms with Crippen molar-refractivity contribution in [3.05, 3.63) is 95.8 Å². The Morgan fingerprint density at radius 3 is 2.12 bits per heavy atom. The SMILES string of the molecule is O=C(NCCC1=CCCCC1)c1ccc(NS(=O)(=O)c2ccc(-c3ccc(F)cc3)cc2)cc1. The molecule has 4 rings (SSSR count). The summed E-state index contributed by atoms with van der Waals surface area (Å²) < 4.78 is 41.2. The minimum Gasteiger partial charge on any atom is -0.352 e. The molecule has 0 spiro atoms. The summed E-state index contributed by atoms with van der Waals surface area (Å²) in [5.41, 5.74) is 3.83. The summed E-state index contributed by atoms with van der Waals surface area (Å²) in [6.07, 6.45) is 7.83. The standard InChI is InChI=1S/C27H27FN2O3S/c28-24-12-6-21(7-13-24)22-10-16-26(17-11-22)34(32,33)30-25-14-8-23(9-15-25)27(31)29-19-18-20-4-2-1-3-5-20/h4,6-17,30H,1-3,5,18-19H2,(H,29,31). The number of carbonyl (C=O) groups excluding carboxylic acids is 1. The second-order valence-electron chi connectivity index (χ2n) is 8.33. The predicted octanol–water partition coefficient (Wildman–Crippen LogP) is 5.91. The van der Waals surface area contributed by atoms with E-state index >= 15 is 0 Å². The fraction of sp³-hybridized carbons (Fsp3) is 0.222. The normalized spacial score (nSPS) is 13.7. The van der Waals surface area contributed by atoms with E-state index in [2.05, 4.69) is 16.1 Å². The zero-order chi connectivity index (χ0) is 24.0. The lowest BCUT2D eigenvalue weighted by molar-refractivity contribution is 0.0954. The summed E-state index contributed by atoms with van der Waals surface area (Å²) in [7, 11) is -3.80. The molecule has 34 heavy (non-hydrogen) atoms. The minimum absolute atomic E-state index is 0.109. The average Bonchev–Trinajstić information content (AvgIpc) is 2.85. The van der Waals surface area contributed by atoms with Crippen LogP contribution in [0.4, 0.5) is 10.1 Å². The van der Waals surface area contributed by atoms with E-state index in [1.807, 2.05) is 0 Å². The molecule has 7 heteroatoms. The van der Waals surface area contributed by atoms with Gasteiger partial charge in [-0.15, -0.1) is 0 Å². The van der Waals surface area contributed by atoms with Gasteiger partial charge in [-0.2, -0.15) is 0 Å². The number of rotatable bonds is 8. The summed E-state index contributed by atoms with van der Waals surface area (Å²) >= 11 is 0. The Morgan fingerprint density at radius 2 is 1.50 bits per heavy atom. The summed E-state index contributed by atoms with van der Waals surface area (Å²) in [6.45, 7) is 0.590. The van der Waals surface area contributed by atoms with Crippen LogP contribution in [0, 0.1) is 5.82 Å². The molecule has 1 aliphatic rings. The molecule has 3 aromatic rings. The van der Waals surface area contributed by atoms with Gasteiger partial charge >= 0.3 is 0 Å². The Hall–Kier alpha value is -3.45. The Morgan fingerprint density at radius 1 is 0.853 bits per heavy atom. The van der Waals surface area contributed by atoms with Gasteiger partial charge in [0.05, 0.1) is 4.90 Å². The highest BCUT2D eigenvalue weighted by Crippen LogP contribution is 2.23. The van der Waals surface area contributed by atoms with E-state index in [-0.39, 0.29) is 16.6 Å². The highest BCUT2D eigenvalue weighted by Gasteiger charge is 2.15. The van der Waals surface area contributed by atoms with Crippen molar-refractivity contribution in [1.82, 2.24) is 5.32 Å². The van der Waals surface area contributed by atoms with Crippen LogP contribution in [0.1, 0.15) is 42.5 Å². The number of hydrogen-bond acceptors (Lipinski definition) is 3. The number of allylic oxidation sites excluding steroid dienone is 1. The van der Waals surface area contributed by atoms with Crippen molar-refractivity contribution in [2.75, 3.05) is 11.3 Å². The maximum atomic E-state index is 13.1. The largest absolute Gasteiger partial charge is 0.352 e. The third-order valence-electron chi connectivity index (χ3n) is 5.86. The van der Waals surface area contributed by atoms with E-state index in [1.165, 1.54) is 42.7 Å².